The first-order valence-electron chi connectivity index (χ1n) is 6.23. The lowest BCUT2D eigenvalue weighted by molar-refractivity contribution is -0.137. The summed E-state index contributed by atoms with van der Waals surface area (Å²) in [6.07, 6.45) is -4.01. The number of hydrogen-bond acceptors (Lipinski definition) is 3. The van der Waals surface area contributed by atoms with E-state index in [1.165, 1.54) is 6.07 Å². The monoisotopic (exact) mass is 292 g/mol. The number of benzene rings is 2. The number of aromatic nitrogens is 1. The molecule has 2 N–H and O–H groups in total. The molecule has 0 bridgehead atoms. The van der Waals surface area contributed by atoms with Gasteiger partial charge in [-0.2, -0.15) is 13.2 Å². The lowest BCUT2D eigenvalue weighted by Crippen LogP contribution is -2.03. The first kappa shape index (κ1) is 13.5. The molecule has 0 saturated carbocycles. The van der Waals surface area contributed by atoms with Gasteiger partial charge in [-0.25, -0.2) is 4.98 Å². The Kier molecular flexibility index (Phi) is 3.08. The molecule has 3 rings (SSSR count). The Hall–Kier alpha value is -2.50. The molecule has 3 aromatic rings. The minimum Gasteiger partial charge on any atom is -0.440 e. The number of nitrogens with two attached hydrogens (primary N) is 1. The Morgan fingerprint density at radius 1 is 1.10 bits per heavy atom. The fourth-order valence-electron chi connectivity index (χ4n) is 2.10. The van der Waals surface area contributed by atoms with Gasteiger partial charge in [0, 0.05) is 12.1 Å². The second-order valence-electron chi connectivity index (χ2n) is 4.71. The molecule has 0 spiro atoms. The summed E-state index contributed by atoms with van der Waals surface area (Å²) in [6, 6.07) is 10.4. The molecule has 0 aliphatic heterocycles. The van der Waals surface area contributed by atoms with E-state index in [-0.39, 0.29) is 5.52 Å². The van der Waals surface area contributed by atoms with Gasteiger partial charge in [0.2, 0.25) is 0 Å². The summed E-state index contributed by atoms with van der Waals surface area (Å²) < 4.78 is 43.4. The van der Waals surface area contributed by atoms with Crippen molar-refractivity contribution in [2.75, 3.05) is 5.73 Å². The van der Waals surface area contributed by atoms with E-state index in [1.807, 2.05) is 6.07 Å². The summed E-state index contributed by atoms with van der Waals surface area (Å²) in [4.78, 5) is 4.10. The molecular weight excluding hydrogens is 281 g/mol. The number of rotatable bonds is 2. The van der Waals surface area contributed by atoms with Gasteiger partial charge in [0.15, 0.2) is 11.5 Å². The van der Waals surface area contributed by atoms with Crippen LogP contribution < -0.4 is 5.73 Å². The van der Waals surface area contributed by atoms with E-state index in [0.717, 1.165) is 17.7 Å². The van der Waals surface area contributed by atoms with Crippen LogP contribution in [-0.2, 0) is 12.6 Å². The van der Waals surface area contributed by atoms with Crippen molar-refractivity contribution in [1.29, 1.82) is 0 Å². The first-order valence-corrected chi connectivity index (χ1v) is 6.23. The average Bonchev–Trinajstić information content (AvgIpc) is 2.78. The number of halogens is 3. The Labute approximate surface area is 118 Å². The molecule has 6 heteroatoms. The van der Waals surface area contributed by atoms with Crippen molar-refractivity contribution in [3.63, 3.8) is 0 Å². The normalized spacial score (nSPS) is 12.0. The van der Waals surface area contributed by atoms with E-state index in [9.17, 15) is 13.2 Å². The zero-order valence-electron chi connectivity index (χ0n) is 10.8. The van der Waals surface area contributed by atoms with Gasteiger partial charge in [0.1, 0.15) is 5.52 Å². The zero-order chi connectivity index (χ0) is 15.0. The maximum atomic E-state index is 12.6. The highest BCUT2D eigenvalue weighted by atomic mass is 19.4. The van der Waals surface area contributed by atoms with E-state index in [2.05, 4.69) is 4.98 Å². The number of hydrogen-bond donors (Lipinski definition) is 1. The molecule has 21 heavy (non-hydrogen) atoms. The molecule has 0 unspecified atom stereocenters. The Balaban J connectivity index is 1.94. The van der Waals surface area contributed by atoms with Crippen molar-refractivity contribution >= 4 is 16.8 Å². The third kappa shape index (κ3) is 2.84. The van der Waals surface area contributed by atoms with Crippen LogP contribution in [0.1, 0.15) is 17.0 Å². The van der Waals surface area contributed by atoms with Gasteiger partial charge < -0.3 is 10.2 Å². The number of nitrogens with zero attached hydrogens (tertiary/aromatic N) is 1. The summed E-state index contributed by atoms with van der Waals surface area (Å²) in [5, 5.41) is 0. The van der Waals surface area contributed by atoms with E-state index < -0.39 is 11.7 Å². The zero-order valence-corrected chi connectivity index (χ0v) is 10.8. The van der Waals surface area contributed by atoms with E-state index in [0.29, 0.717) is 23.6 Å². The minimum absolute atomic E-state index is 0.198. The number of alkyl halides is 3. The van der Waals surface area contributed by atoms with Gasteiger partial charge in [-0.15, -0.1) is 0 Å². The Bertz CT molecular complexity index is 793. The molecule has 108 valence electrons. The average molecular weight is 292 g/mol. The number of oxazole rings is 1. The molecule has 2 aromatic carbocycles. The number of nitrogen functional groups attached to an aromatic ring is 1. The fraction of sp³-hybridized carbons (Fsp3) is 0.133. The molecular formula is C15H11F3N2O. The fourth-order valence-corrected chi connectivity index (χ4v) is 2.10. The van der Waals surface area contributed by atoms with Crippen LogP contribution in [0, 0.1) is 0 Å². The SMILES string of the molecule is Nc1cccc(Cc2nc3cc(C(F)(F)F)ccc3o2)c1. The molecule has 1 aromatic heterocycles. The van der Waals surface area contributed by atoms with Crippen LogP contribution in [0.3, 0.4) is 0 Å². The number of anilines is 1. The summed E-state index contributed by atoms with van der Waals surface area (Å²) in [5.74, 6) is 0.356. The predicted molar refractivity (Wildman–Crippen MR) is 72.7 cm³/mol. The van der Waals surface area contributed by atoms with Crippen molar-refractivity contribution in [2.24, 2.45) is 0 Å². The van der Waals surface area contributed by atoms with Gasteiger partial charge >= 0.3 is 6.18 Å². The second kappa shape index (κ2) is 4.80. The highest BCUT2D eigenvalue weighted by Gasteiger charge is 2.31. The Morgan fingerprint density at radius 2 is 1.90 bits per heavy atom. The van der Waals surface area contributed by atoms with Gasteiger partial charge in [-0.05, 0) is 35.9 Å². The maximum absolute atomic E-state index is 12.6. The molecule has 0 radical (unpaired) electrons. The lowest BCUT2D eigenvalue weighted by Gasteiger charge is -2.04. The molecule has 0 amide bonds. The quantitative estimate of drug-likeness (QED) is 0.726. The maximum Gasteiger partial charge on any atom is 0.416 e. The molecule has 0 aliphatic carbocycles. The highest BCUT2D eigenvalue weighted by Crippen LogP contribution is 2.31. The van der Waals surface area contributed by atoms with E-state index in [1.54, 1.807) is 18.2 Å². The molecule has 0 fully saturated rings. The van der Waals surface area contributed by atoms with Gasteiger partial charge in [-0.3, -0.25) is 0 Å². The molecule has 0 atom stereocenters. The van der Waals surface area contributed by atoms with E-state index >= 15 is 0 Å². The lowest BCUT2D eigenvalue weighted by atomic mass is 10.1. The Morgan fingerprint density at radius 3 is 2.62 bits per heavy atom. The third-order valence-electron chi connectivity index (χ3n) is 3.07. The van der Waals surface area contributed by atoms with Gasteiger partial charge in [0.05, 0.1) is 5.56 Å². The topological polar surface area (TPSA) is 52.0 Å². The van der Waals surface area contributed by atoms with Crippen molar-refractivity contribution in [3.8, 4) is 0 Å². The van der Waals surface area contributed by atoms with Crippen LogP contribution in [0.15, 0.2) is 46.9 Å². The first-order chi connectivity index (χ1) is 9.91. The second-order valence-corrected chi connectivity index (χ2v) is 4.71. The summed E-state index contributed by atoms with van der Waals surface area (Å²) >= 11 is 0. The molecule has 0 aliphatic rings. The summed E-state index contributed by atoms with van der Waals surface area (Å²) in [7, 11) is 0. The van der Waals surface area contributed by atoms with Gasteiger partial charge in [-0.1, -0.05) is 12.1 Å². The summed E-state index contributed by atoms with van der Waals surface area (Å²) in [5.41, 5.74) is 6.98. The van der Waals surface area contributed by atoms with Crippen LogP contribution in [0.2, 0.25) is 0 Å². The van der Waals surface area contributed by atoms with Crippen molar-refractivity contribution in [1.82, 2.24) is 4.98 Å². The van der Waals surface area contributed by atoms with Crippen molar-refractivity contribution in [3.05, 3.63) is 59.5 Å². The van der Waals surface area contributed by atoms with Crippen LogP contribution >= 0.6 is 0 Å². The van der Waals surface area contributed by atoms with Crippen LogP contribution in [0.5, 0.6) is 0 Å². The largest absolute Gasteiger partial charge is 0.440 e. The van der Waals surface area contributed by atoms with Gasteiger partial charge in [0.25, 0.3) is 0 Å². The highest BCUT2D eigenvalue weighted by molar-refractivity contribution is 5.73. The molecule has 1 heterocycles. The summed E-state index contributed by atoms with van der Waals surface area (Å²) in [6.45, 7) is 0. The minimum atomic E-state index is -4.39. The van der Waals surface area contributed by atoms with Crippen LogP contribution in [0.25, 0.3) is 11.1 Å². The smallest absolute Gasteiger partial charge is 0.416 e. The third-order valence-corrected chi connectivity index (χ3v) is 3.07. The van der Waals surface area contributed by atoms with E-state index in [4.69, 9.17) is 10.2 Å². The predicted octanol–water partition coefficient (Wildman–Crippen LogP) is 4.02. The van der Waals surface area contributed by atoms with Crippen LogP contribution in [-0.4, -0.2) is 4.98 Å². The molecule has 0 saturated heterocycles. The number of fused-ring (bicyclic) bond motifs is 1. The van der Waals surface area contributed by atoms with Crippen LogP contribution in [0.4, 0.5) is 18.9 Å². The molecule has 3 nitrogen and oxygen atoms in total. The van der Waals surface area contributed by atoms with Crippen molar-refractivity contribution < 1.29 is 17.6 Å². The van der Waals surface area contributed by atoms with Crippen molar-refractivity contribution in [2.45, 2.75) is 12.6 Å². The standard InChI is InChI=1S/C15H11F3N2O/c16-15(17,18)10-4-5-13-12(8-10)20-14(21-13)7-9-2-1-3-11(19)6-9/h1-6,8H,7,19H2.